The minimum atomic E-state index is -1.07. The van der Waals surface area contributed by atoms with Crippen LogP contribution in [0.15, 0.2) is 48.7 Å². The van der Waals surface area contributed by atoms with E-state index in [1.54, 1.807) is 45.0 Å². The standard InChI is InChI=1S/C54H71FN10O13/c1-36(66)58-19-7-6-12-45(53(73)78-54(2,3)4)64-52(72)44(11-5-8-20-61-50(70)37-13-16-43(55)38(30-37)32-56)63-47(67)18-24-74-26-28-76-29-27-75-25-22-60-48(68)35-77-40-14-15-41-42(17-21-59-46(41)31-40)51(71)62-34-49(69)65-23-9-10-39(65)33-57/h13-17,21,30-31,39,44-45H,5-12,18-20,22-29,34-35H2,1-4H3,(H,58,66)(H,60,68)(H,61,70)(H,62,71)(H,63,67)(H,64,72)/t39-,44-,45-/m0/s1. The van der Waals surface area contributed by atoms with Gasteiger partial charge in [-0.1, -0.05) is 0 Å². The fourth-order valence-corrected chi connectivity index (χ4v) is 7.83. The van der Waals surface area contributed by atoms with E-state index < -0.39 is 65.0 Å². The summed E-state index contributed by atoms with van der Waals surface area (Å²) in [5.41, 5.74) is -0.254. The van der Waals surface area contributed by atoms with Gasteiger partial charge in [0.25, 0.3) is 17.7 Å². The lowest BCUT2D eigenvalue weighted by Gasteiger charge is -2.26. The third kappa shape index (κ3) is 22.8. The summed E-state index contributed by atoms with van der Waals surface area (Å²) in [4.78, 5) is 108. The number of nitrogens with one attached hydrogen (secondary N) is 6. The SMILES string of the molecule is CC(=O)NCCCC[C@H](NC(=O)[C@H](CCCCNC(=O)c1ccc(F)c(C#N)c1)NC(=O)CCOCCOCCOCCNC(=O)COc1ccc2c(C(=O)NCC(=O)N3CCC[C@H]3C#N)ccnc2c1)C(=O)OC(C)(C)C. The molecule has 1 saturated heterocycles. The van der Waals surface area contributed by atoms with E-state index in [-0.39, 0.29) is 108 Å². The first-order valence-electron chi connectivity index (χ1n) is 25.9. The molecule has 6 N–H and O–H groups in total. The van der Waals surface area contributed by atoms with Gasteiger partial charge in [0.05, 0.1) is 68.9 Å². The van der Waals surface area contributed by atoms with Crippen molar-refractivity contribution in [2.75, 3.05) is 79.0 Å². The van der Waals surface area contributed by atoms with Gasteiger partial charge in [-0.3, -0.25) is 38.5 Å². The molecule has 3 aromatic rings. The maximum Gasteiger partial charge on any atom is 0.329 e. The highest BCUT2D eigenvalue weighted by molar-refractivity contribution is 6.07. The van der Waals surface area contributed by atoms with Crippen LogP contribution >= 0.6 is 0 Å². The van der Waals surface area contributed by atoms with E-state index in [9.17, 15) is 48.0 Å². The zero-order valence-corrected chi connectivity index (χ0v) is 44.7. The summed E-state index contributed by atoms with van der Waals surface area (Å²) in [5, 5.41) is 35.1. The van der Waals surface area contributed by atoms with Crippen LogP contribution in [0.25, 0.3) is 10.9 Å². The number of halogens is 1. The van der Waals surface area contributed by atoms with Gasteiger partial charge < -0.3 is 60.5 Å². The van der Waals surface area contributed by atoms with Gasteiger partial charge in [0.2, 0.25) is 23.6 Å². The molecule has 23 nitrogen and oxygen atoms in total. The summed E-state index contributed by atoms with van der Waals surface area (Å²) in [5.74, 6) is -4.04. The molecule has 0 spiro atoms. The quantitative estimate of drug-likeness (QED) is 0.0377. The van der Waals surface area contributed by atoms with Crippen molar-refractivity contribution in [1.29, 1.82) is 10.5 Å². The van der Waals surface area contributed by atoms with E-state index in [2.05, 4.69) is 43.0 Å². The lowest BCUT2D eigenvalue weighted by molar-refractivity contribution is -0.159. The number of benzene rings is 2. The second kappa shape index (κ2) is 33.4. The minimum absolute atomic E-state index is 0.00829. The minimum Gasteiger partial charge on any atom is -0.484 e. The number of nitrogens with zero attached hydrogens (tertiary/aromatic N) is 4. The lowest BCUT2D eigenvalue weighted by Crippen LogP contribution is -2.52. The van der Waals surface area contributed by atoms with Gasteiger partial charge in [-0.15, -0.1) is 0 Å². The number of hydrogen-bond donors (Lipinski definition) is 6. The normalized spacial score (nSPS) is 13.7. The van der Waals surface area contributed by atoms with Crippen molar-refractivity contribution in [2.45, 2.75) is 109 Å². The molecule has 422 valence electrons. The van der Waals surface area contributed by atoms with Gasteiger partial charge in [0.1, 0.15) is 41.4 Å². The first kappa shape index (κ1) is 62.7. The van der Waals surface area contributed by atoms with E-state index >= 15 is 0 Å². The van der Waals surface area contributed by atoms with Crippen LogP contribution < -0.4 is 36.6 Å². The number of amides is 7. The molecule has 7 amide bonds. The van der Waals surface area contributed by atoms with Gasteiger partial charge in [-0.05, 0) is 109 Å². The predicted molar refractivity (Wildman–Crippen MR) is 280 cm³/mol. The van der Waals surface area contributed by atoms with Crippen molar-refractivity contribution in [3.63, 3.8) is 0 Å². The average Bonchev–Trinajstić information content (AvgIpc) is 3.91. The Morgan fingerprint density at radius 3 is 2.15 bits per heavy atom. The van der Waals surface area contributed by atoms with Gasteiger partial charge in [-0.2, -0.15) is 10.5 Å². The zero-order valence-electron chi connectivity index (χ0n) is 44.7. The van der Waals surface area contributed by atoms with Crippen LogP contribution in [-0.4, -0.2) is 160 Å². The summed E-state index contributed by atoms with van der Waals surface area (Å²) in [6.07, 6.45) is 4.81. The molecule has 1 aliphatic heterocycles. The summed E-state index contributed by atoms with van der Waals surface area (Å²) in [7, 11) is 0. The second-order valence-electron chi connectivity index (χ2n) is 19.1. The van der Waals surface area contributed by atoms with E-state index in [1.807, 2.05) is 0 Å². The molecule has 1 aromatic heterocycles. The van der Waals surface area contributed by atoms with Crippen molar-refractivity contribution in [1.82, 2.24) is 41.8 Å². The van der Waals surface area contributed by atoms with Gasteiger partial charge >= 0.3 is 5.97 Å². The van der Waals surface area contributed by atoms with Crippen LogP contribution in [0, 0.1) is 28.5 Å². The van der Waals surface area contributed by atoms with Crippen molar-refractivity contribution in [2.24, 2.45) is 0 Å². The molecule has 3 atom stereocenters. The molecule has 0 bridgehead atoms. The molecule has 0 saturated carbocycles. The molecular formula is C54H71FN10O13. The molecule has 1 aliphatic rings. The van der Waals surface area contributed by atoms with E-state index in [0.29, 0.717) is 67.4 Å². The van der Waals surface area contributed by atoms with E-state index in [0.717, 1.165) is 18.6 Å². The molecule has 0 aliphatic carbocycles. The van der Waals surface area contributed by atoms with E-state index in [1.165, 1.54) is 30.2 Å². The Labute approximate surface area is 452 Å². The number of unbranched alkanes of at least 4 members (excludes halogenated alkanes) is 2. The third-order valence-electron chi connectivity index (χ3n) is 11.7. The maximum absolute atomic E-state index is 13.8. The Bertz CT molecular complexity index is 2620. The van der Waals surface area contributed by atoms with Gasteiger partial charge in [0, 0.05) is 62.7 Å². The lowest BCUT2D eigenvalue weighted by atomic mass is 10.1. The Morgan fingerprint density at radius 2 is 1.46 bits per heavy atom. The summed E-state index contributed by atoms with van der Waals surface area (Å²) < 4.78 is 41.6. The molecule has 0 unspecified atom stereocenters. The monoisotopic (exact) mass is 1090 g/mol. The second-order valence-corrected chi connectivity index (χ2v) is 19.1. The molecule has 2 heterocycles. The number of ether oxygens (including phenoxy) is 5. The Morgan fingerprint density at radius 1 is 0.769 bits per heavy atom. The van der Waals surface area contributed by atoms with E-state index in [4.69, 9.17) is 28.9 Å². The zero-order chi connectivity index (χ0) is 56.9. The number of fused-ring (bicyclic) bond motifs is 1. The first-order chi connectivity index (χ1) is 37.4. The number of carbonyl (C=O) groups excluding carboxylic acids is 8. The van der Waals surface area contributed by atoms with Crippen LogP contribution in [0.5, 0.6) is 5.75 Å². The maximum atomic E-state index is 13.8. The molecule has 1 fully saturated rings. The number of rotatable bonds is 33. The fraction of sp³-hybridized carbons (Fsp3) is 0.537. The molecule has 78 heavy (non-hydrogen) atoms. The number of pyridine rings is 1. The van der Waals surface area contributed by atoms with Gasteiger partial charge in [-0.25, -0.2) is 9.18 Å². The smallest absolute Gasteiger partial charge is 0.329 e. The number of likely N-dealkylation sites (tertiary alicyclic amines) is 1. The highest BCUT2D eigenvalue weighted by Gasteiger charge is 2.31. The number of nitriles is 2. The number of carbonyl (C=O) groups is 8. The average molecular weight is 1090 g/mol. The van der Waals surface area contributed by atoms with Crippen molar-refractivity contribution in [3.8, 4) is 17.9 Å². The molecule has 24 heteroatoms. The number of esters is 1. The Hall–Kier alpha value is -7.80. The highest BCUT2D eigenvalue weighted by atomic mass is 19.1. The largest absolute Gasteiger partial charge is 0.484 e. The summed E-state index contributed by atoms with van der Waals surface area (Å²) >= 11 is 0. The van der Waals surface area contributed by atoms with Crippen LogP contribution in [-0.2, 0) is 47.7 Å². The van der Waals surface area contributed by atoms with Crippen molar-refractivity contribution < 1.29 is 66.4 Å². The highest BCUT2D eigenvalue weighted by Crippen LogP contribution is 2.23. The molecular weight excluding hydrogens is 1020 g/mol. The molecule has 0 radical (unpaired) electrons. The Balaban J connectivity index is 1.12. The van der Waals surface area contributed by atoms with Crippen LogP contribution in [0.3, 0.4) is 0 Å². The summed E-state index contributed by atoms with van der Waals surface area (Å²) in [6, 6.07) is 11.0. The van der Waals surface area contributed by atoms with Crippen LogP contribution in [0.2, 0.25) is 0 Å². The van der Waals surface area contributed by atoms with Crippen LogP contribution in [0.1, 0.15) is 112 Å². The molecule has 2 aromatic carbocycles. The number of aromatic nitrogens is 1. The first-order valence-corrected chi connectivity index (χ1v) is 25.9. The predicted octanol–water partition coefficient (Wildman–Crippen LogP) is 2.64. The number of hydrogen-bond acceptors (Lipinski definition) is 16. The van der Waals surface area contributed by atoms with Gasteiger partial charge in [0.15, 0.2) is 6.61 Å². The topological polar surface area (TPSA) is 319 Å². The third-order valence-corrected chi connectivity index (χ3v) is 11.7. The summed E-state index contributed by atoms with van der Waals surface area (Å²) in [6.45, 7) is 8.24. The fourth-order valence-electron chi connectivity index (χ4n) is 7.83. The van der Waals surface area contributed by atoms with Crippen LogP contribution in [0.4, 0.5) is 4.39 Å². The molecule has 4 rings (SSSR count). The Kier molecular flexibility index (Phi) is 26.8. The van der Waals surface area contributed by atoms with Crippen molar-refractivity contribution >= 4 is 58.2 Å². The van der Waals surface area contributed by atoms with Crippen molar-refractivity contribution in [3.05, 3.63) is 71.2 Å².